The van der Waals surface area contributed by atoms with E-state index in [1.54, 1.807) is 14.2 Å². The number of methoxy groups -OCH3 is 2. The van der Waals surface area contributed by atoms with Crippen LogP contribution < -0.4 is 14.8 Å². The Morgan fingerprint density at radius 1 is 1.09 bits per heavy atom. The summed E-state index contributed by atoms with van der Waals surface area (Å²) in [6.07, 6.45) is 2.19. The number of carbonyl (C=O) groups is 1. The highest BCUT2D eigenvalue weighted by Gasteiger charge is 2.17. The third-order valence-electron chi connectivity index (χ3n) is 5.34. The van der Waals surface area contributed by atoms with Crippen molar-refractivity contribution >= 4 is 27.9 Å². The number of hydrogen-bond donors (Lipinski definition) is 1. The van der Waals surface area contributed by atoms with Crippen molar-refractivity contribution in [3.05, 3.63) is 65.3 Å². The number of hydrogen-bond acceptors (Lipinski definition) is 5. The first kappa shape index (κ1) is 21.9. The Labute approximate surface area is 191 Å². The molecule has 0 bridgehead atoms. The minimum absolute atomic E-state index is 0.0672. The average molecular weight is 450 g/mol. The number of thiazole rings is 1. The number of benzene rings is 2. The molecule has 2 aromatic heterocycles. The molecule has 1 N–H and O–H groups in total. The summed E-state index contributed by atoms with van der Waals surface area (Å²) in [7, 11) is 3.26. The topological polar surface area (TPSA) is 64.9 Å². The summed E-state index contributed by atoms with van der Waals surface area (Å²) < 4.78 is 12.8. The third kappa shape index (κ3) is 4.48. The van der Waals surface area contributed by atoms with E-state index in [9.17, 15) is 4.79 Å². The first-order chi connectivity index (χ1) is 15.3. The zero-order valence-corrected chi connectivity index (χ0v) is 19.7. The molecule has 0 aliphatic rings. The van der Waals surface area contributed by atoms with Gasteiger partial charge in [-0.25, -0.2) is 4.98 Å². The molecule has 0 aliphatic heterocycles. The number of fused-ring (bicyclic) bond motifs is 1. The average Bonchev–Trinajstić information content (AvgIpc) is 3.35. The normalized spacial score (nSPS) is 11.5. The maximum Gasteiger partial charge on any atom is 0.230 e. The van der Waals surface area contributed by atoms with Gasteiger partial charge in [-0.05, 0) is 41.3 Å². The SMILES string of the molecule is COc1ccc(OC)c(-c2cn3c(CC(=O)Nc4ccc(C(C)(C)C)cc4)csc3n2)c1. The molecule has 0 unspecified atom stereocenters. The van der Waals surface area contributed by atoms with Crippen LogP contribution in [-0.2, 0) is 16.6 Å². The van der Waals surface area contributed by atoms with Crippen molar-refractivity contribution in [2.45, 2.75) is 32.6 Å². The molecule has 0 atom stereocenters. The number of anilines is 1. The highest BCUT2D eigenvalue weighted by molar-refractivity contribution is 7.15. The van der Waals surface area contributed by atoms with E-state index in [2.05, 4.69) is 38.2 Å². The number of ether oxygens (including phenoxy) is 2. The van der Waals surface area contributed by atoms with Gasteiger partial charge in [0.2, 0.25) is 5.91 Å². The van der Waals surface area contributed by atoms with E-state index in [1.807, 2.05) is 46.3 Å². The Kier molecular flexibility index (Phi) is 5.93. The first-order valence-electron chi connectivity index (χ1n) is 10.4. The second-order valence-electron chi connectivity index (χ2n) is 8.62. The quantitative estimate of drug-likeness (QED) is 0.419. The molecule has 0 spiro atoms. The highest BCUT2D eigenvalue weighted by Crippen LogP contribution is 2.34. The summed E-state index contributed by atoms with van der Waals surface area (Å²) >= 11 is 1.51. The Bertz CT molecular complexity index is 1250. The molecule has 0 saturated heterocycles. The fourth-order valence-corrected chi connectivity index (χ4v) is 4.40. The molecule has 166 valence electrons. The van der Waals surface area contributed by atoms with E-state index in [-0.39, 0.29) is 17.7 Å². The van der Waals surface area contributed by atoms with Gasteiger partial charge >= 0.3 is 0 Å². The maximum absolute atomic E-state index is 12.7. The molecule has 32 heavy (non-hydrogen) atoms. The molecule has 0 fully saturated rings. The van der Waals surface area contributed by atoms with Gasteiger partial charge in [0.15, 0.2) is 4.96 Å². The minimum Gasteiger partial charge on any atom is -0.497 e. The molecular weight excluding hydrogens is 422 g/mol. The highest BCUT2D eigenvalue weighted by atomic mass is 32.1. The summed E-state index contributed by atoms with van der Waals surface area (Å²) in [4.78, 5) is 18.2. The van der Waals surface area contributed by atoms with Crippen molar-refractivity contribution in [2.24, 2.45) is 0 Å². The zero-order valence-electron chi connectivity index (χ0n) is 18.9. The summed E-state index contributed by atoms with van der Waals surface area (Å²) in [5.41, 5.74) is 4.60. The zero-order chi connectivity index (χ0) is 22.9. The standard InChI is InChI=1S/C25H27N3O3S/c1-25(2,3)16-6-8-17(9-7-16)26-23(29)12-18-15-32-24-27-21(14-28(18)24)20-13-19(30-4)10-11-22(20)31-5/h6-11,13-15H,12H2,1-5H3,(H,26,29). The van der Waals surface area contributed by atoms with Crippen LogP contribution in [0.4, 0.5) is 5.69 Å². The van der Waals surface area contributed by atoms with E-state index in [0.717, 1.165) is 39.1 Å². The van der Waals surface area contributed by atoms with Gasteiger partial charge < -0.3 is 14.8 Å². The lowest BCUT2D eigenvalue weighted by molar-refractivity contribution is -0.115. The van der Waals surface area contributed by atoms with Crippen LogP contribution >= 0.6 is 11.3 Å². The predicted molar refractivity (Wildman–Crippen MR) is 129 cm³/mol. The van der Waals surface area contributed by atoms with E-state index in [4.69, 9.17) is 14.5 Å². The van der Waals surface area contributed by atoms with Crippen LogP contribution in [-0.4, -0.2) is 29.5 Å². The largest absolute Gasteiger partial charge is 0.497 e. The molecule has 1 amide bonds. The molecule has 7 heteroatoms. The molecule has 2 aromatic carbocycles. The summed E-state index contributed by atoms with van der Waals surface area (Å²) in [6.45, 7) is 6.51. The summed E-state index contributed by atoms with van der Waals surface area (Å²) in [5.74, 6) is 1.38. The Balaban J connectivity index is 1.54. The number of aromatic nitrogens is 2. The van der Waals surface area contributed by atoms with Crippen molar-refractivity contribution in [3.8, 4) is 22.8 Å². The summed E-state index contributed by atoms with van der Waals surface area (Å²) in [5, 5.41) is 4.96. The first-order valence-corrected chi connectivity index (χ1v) is 11.2. The molecule has 4 rings (SSSR count). The lowest BCUT2D eigenvalue weighted by Gasteiger charge is -2.19. The van der Waals surface area contributed by atoms with E-state index >= 15 is 0 Å². The van der Waals surface area contributed by atoms with Gasteiger partial charge in [0.05, 0.1) is 26.3 Å². The summed E-state index contributed by atoms with van der Waals surface area (Å²) in [6, 6.07) is 13.6. The lowest BCUT2D eigenvalue weighted by atomic mass is 9.87. The van der Waals surface area contributed by atoms with Gasteiger partial charge in [0.25, 0.3) is 0 Å². The number of nitrogens with one attached hydrogen (secondary N) is 1. The number of imidazole rings is 1. The molecule has 0 radical (unpaired) electrons. The smallest absolute Gasteiger partial charge is 0.230 e. The molecule has 2 heterocycles. The number of rotatable bonds is 6. The predicted octanol–water partition coefficient (Wildman–Crippen LogP) is 5.56. The number of amides is 1. The number of carbonyl (C=O) groups excluding carboxylic acids is 1. The molecule has 0 saturated carbocycles. The van der Waals surface area contributed by atoms with Crippen LogP contribution in [0.1, 0.15) is 32.0 Å². The van der Waals surface area contributed by atoms with Gasteiger partial charge in [-0.15, -0.1) is 11.3 Å². The van der Waals surface area contributed by atoms with Crippen molar-refractivity contribution < 1.29 is 14.3 Å². The van der Waals surface area contributed by atoms with Crippen LogP contribution in [0, 0.1) is 0 Å². The van der Waals surface area contributed by atoms with Gasteiger partial charge in [-0.2, -0.15) is 0 Å². The second kappa shape index (κ2) is 8.67. The Morgan fingerprint density at radius 3 is 2.50 bits per heavy atom. The van der Waals surface area contributed by atoms with Crippen LogP contribution in [0.2, 0.25) is 0 Å². The maximum atomic E-state index is 12.7. The molecule has 4 aromatic rings. The van der Waals surface area contributed by atoms with Crippen molar-refractivity contribution in [1.29, 1.82) is 0 Å². The van der Waals surface area contributed by atoms with Crippen LogP contribution in [0.25, 0.3) is 16.2 Å². The Hall–Kier alpha value is -3.32. The van der Waals surface area contributed by atoms with Gasteiger partial charge in [-0.3, -0.25) is 9.20 Å². The van der Waals surface area contributed by atoms with Gasteiger partial charge in [-0.1, -0.05) is 32.9 Å². The lowest BCUT2D eigenvalue weighted by Crippen LogP contribution is -2.16. The van der Waals surface area contributed by atoms with E-state index in [0.29, 0.717) is 0 Å². The van der Waals surface area contributed by atoms with E-state index in [1.165, 1.54) is 16.9 Å². The number of nitrogens with zero attached hydrogens (tertiary/aromatic N) is 2. The second-order valence-corrected chi connectivity index (χ2v) is 9.46. The third-order valence-corrected chi connectivity index (χ3v) is 6.23. The molecule has 6 nitrogen and oxygen atoms in total. The van der Waals surface area contributed by atoms with Crippen LogP contribution in [0.15, 0.2) is 54.0 Å². The van der Waals surface area contributed by atoms with E-state index < -0.39 is 0 Å². The molecular formula is C25H27N3O3S. The van der Waals surface area contributed by atoms with Crippen molar-refractivity contribution in [3.63, 3.8) is 0 Å². The minimum atomic E-state index is -0.0672. The van der Waals surface area contributed by atoms with Crippen molar-refractivity contribution in [1.82, 2.24) is 9.38 Å². The van der Waals surface area contributed by atoms with Crippen LogP contribution in [0.3, 0.4) is 0 Å². The molecule has 0 aliphatic carbocycles. The monoisotopic (exact) mass is 449 g/mol. The fraction of sp³-hybridized carbons (Fsp3) is 0.280. The van der Waals surface area contributed by atoms with Crippen molar-refractivity contribution in [2.75, 3.05) is 19.5 Å². The Morgan fingerprint density at radius 2 is 1.84 bits per heavy atom. The van der Waals surface area contributed by atoms with Gasteiger partial charge in [0.1, 0.15) is 11.5 Å². The van der Waals surface area contributed by atoms with Crippen LogP contribution in [0.5, 0.6) is 11.5 Å². The van der Waals surface area contributed by atoms with Gasteiger partial charge in [0, 0.05) is 28.5 Å². The fourth-order valence-electron chi connectivity index (χ4n) is 3.52.